The summed E-state index contributed by atoms with van der Waals surface area (Å²) in [6.07, 6.45) is 3.66. The standard InChI is InChI=1S/C23H32N4O4/c1-23(2,3)31-22(29)26-12-9-17(10-13-26)15-21(28)24-16-18-11-14-27(25-18)19-5-7-20(30-4)8-6-19/h5-8,11,14,17H,9-10,12-13,15-16H2,1-4H3,(H,24,28). The summed E-state index contributed by atoms with van der Waals surface area (Å²) in [7, 11) is 1.63. The molecule has 1 aromatic heterocycles. The van der Waals surface area contributed by atoms with Crippen molar-refractivity contribution in [3.63, 3.8) is 0 Å². The van der Waals surface area contributed by atoms with Crippen LogP contribution >= 0.6 is 0 Å². The number of carbonyl (C=O) groups is 2. The van der Waals surface area contributed by atoms with Gasteiger partial charge in [0.2, 0.25) is 5.91 Å². The van der Waals surface area contributed by atoms with E-state index in [1.165, 1.54) is 0 Å². The molecule has 1 saturated heterocycles. The molecule has 0 spiro atoms. The zero-order valence-electron chi connectivity index (χ0n) is 18.8. The van der Waals surface area contributed by atoms with Gasteiger partial charge in [-0.15, -0.1) is 0 Å². The van der Waals surface area contributed by atoms with Crippen LogP contribution in [0.25, 0.3) is 5.69 Å². The van der Waals surface area contributed by atoms with E-state index in [0.29, 0.717) is 26.1 Å². The molecule has 2 heterocycles. The highest BCUT2D eigenvalue weighted by Gasteiger charge is 2.27. The number of amides is 2. The molecule has 0 saturated carbocycles. The summed E-state index contributed by atoms with van der Waals surface area (Å²) in [5.74, 6) is 1.07. The molecule has 0 atom stereocenters. The number of aromatic nitrogens is 2. The van der Waals surface area contributed by atoms with Crippen LogP contribution in [-0.2, 0) is 16.1 Å². The lowest BCUT2D eigenvalue weighted by molar-refractivity contribution is -0.122. The molecule has 0 bridgehead atoms. The van der Waals surface area contributed by atoms with Gasteiger partial charge in [0.05, 0.1) is 25.0 Å². The third-order valence-corrected chi connectivity index (χ3v) is 5.19. The highest BCUT2D eigenvalue weighted by atomic mass is 16.6. The van der Waals surface area contributed by atoms with E-state index < -0.39 is 5.60 Å². The third kappa shape index (κ3) is 6.73. The summed E-state index contributed by atoms with van der Waals surface area (Å²) in [6.45, 7) is 7.23. The molecule has 1 N–H and O–H groups in total. The maximum absolute atomic E-state index is 12.4. The number of nitrogens with one attached hydrogen (secondary N) is 1. The molecule has 2 amide bonds. The van der Waals surface area contributed by atoms with Crippen molar-refractivity contribution in [3.05, 3.63) is 42.2 Å². The predicted octanol–water partition coefficient (Wildman–Crippen LogP) is 3.53. The van der Waals surface area contributed by atoms with Gasteiger partial charge in [-0.05, 0) is 69.9 Å². The number of hydrogen-bond acceptors (Lipinski definition) is 5. The Morgan fingerprint density at radius 2 is 1.81 bits per heavy atom. The lowest BCUT2D eigenvalue weighted by atomic mass is 9.93. The van der Waals surface area contributed by atoms with Crippen molar-refractivity contribution in [2.45, 2.75) is 52.2 Å². The molecule has 1 aliphatic heterocycles. The molecule has 8 nitrogen and oxygen atoms in total. The molecule has 0 radical (unpaired) electrons. The Labute approximate surface area is 183 Å². The number of carbonyl (C=O) groups excluding carboxylic acids is 2. The molecule has 2 aromatic rings. The van der Waals surface area contributed by atoms with E-state index in [4.69, 9.17) is 9.47 Å². The summed E-state index contributed by atoms with van der Waals surface area (Å²) in [4.78, 5) is 26.2. The molecule has 1 aromatic carbocycles. The van der Waals surface area contributed by atoms with E-state index in [-0.39, 0.29) is 17.9 Å². The van der Waals surface area contributed by atoms with E-state index in [9.17, 15) is 9.59 Å². The fraction of sp³-hybridized carbons (Fsp3) is 0.522. The predicted molar refractivity (Wildman–Crippen MR) is 117 cm³/mol. The van der Waals surface area contributed by atoms with E-state index in [0.717, 1.165) is 30.0 Å². The summed E-state index contributed by atoms with van der Waals surface area (Å²) in [5, 5.41) is 7.47. The third-order valence-electron chi connectivity index (χ3n) is 5.19. The largest absolute Gasteiger partial charge is 0.497 e. The van der Waals surface area contributed by atoms with Crippen LogP contribution < -0.4 is 10.1 Å². The smallest absolute Gasteiger partial charge is 0.410 e. The van der Waals surface area contributed by atoms with Gasteiger partial charge in [-0.25, -0.2) is 9.48 Å². The lowest BCUT2D eigenvalue weighted by Crippen LogP contribution is -2.42. The highest BCUT2D eigenvalue weighted by Crippen LogP contribution is 2.22. The van der Waals surface area contributed by atoms with Gasteiger partial charge in [-0.1, -0.05) is 0 Å². The number of rotatable bonds is 6. The van der Waals surface area contributed by atoms with E-state index in [1.807, 2.05) is 57.3 Å². The van der Waals surface area contributed by atoms with Gasteiger partial charge in [0.25, 0.3) is 0 Å². The van der Waals surface area contributed by atoms with E-state index >= 15 is 0 Å². The van der Waals surface area contributed by atoms with Crippen LogP contribution in [0, 0.1) is 5.92 Å². The maximum atomic E-state index is 12.4. The van der Waals surface area contributed by atoms with Gasteiger partial charge in [0.15, 0.2) is 0 Å². The van der Waals surface area contributed by atoms with Crippen LogP contribution in [0.5, 0.6) is 5.75 Å². The second kappa shape index (κ2) is 9.85. The number of piperidine rings is 1. The van der Waals surface area contributed by atoms with Crippen LogP contribution in [0.2, 0.25) is 0 Å². The van der Waals surface area contributed by atoms with Crippen LogP contribution in [0.3, 0.4) is 0 Å². The van der Waals surface area contributed by atoms with Gasteiger partial charge in [-0.3, -0.25) is 4.79 Å². The molecule has 8 heteroatoms. The molecule has 3 rings (SSSR count). The van der Waals surface area contributed by atoms with Crippen LogP contribution in [0.15, 0.2) is 36.5 Å². The quantitative estimate of drug-likeness (QED) is 0.761. The first kappa shape index (κ1) is 22.7. The number of nitrogens with zero attached hydrogens (tertiary/aromatic N) is 3. The molecule has 31 heavy (non-hydrogen) atoms. The van der Waals surface area contributed by atoms with Gasteiger partial charge >= 0.3 is 6.09 Å². The highest BCUT2D eigenvalue weighted by molar-refractivity contribution is 5.76. The summed E-state index contributed by atoms with van der Waals surface area (Å²) in [6, 6.07) is 9.51. The van der Waals surface area contributed by atoms with Gasteiger partial charge in [0, 0.05) is 25.7 Å². The second-order valence-corrected chi connectivity index (χ2v) is 8.84. The van der Waals surface area contributed by atoms with Crippen LogP contribution in [0.1, 0.15) is 45.7 Å². The molecule has 1 fully saturated rings. The fourth-order valence-electron chi connectivity index (χ4n) is 3.50. The molecule has 168 valence electrons. The number of hydrogen-bond donors (Lipinski definition) is 1. The Bertz CT molecular complexity index is 878. The van der Waals surface area contributed by atoms with Gasteiger partial charge < -0.3 is 19.7 Å². The van der Waals surface area contributed by atoms with Gasteiger partial charge in [0.1, 0.15) is 11.4 Å². The minimum Gasteiger partial charge on any atom is -0.497 e. The summed E-state index contributed by atoms with van der Waals surface area (Å²) >= 11 is 0. The first-order valence-corrected chi connectivity index (χ1v) is 10.7. The zero-order chi connectivity index (χ0) is 22.4. The summed E-state index contributed by atoms with van der Waals surface area (Å²) < 4.78 is 12.4. The van der Waals surface area contributed by atoms with Crippen molar-refractivity contribution in [1.29, 1.82) is 0 Å². The van der Waals surface area contributed by atoms with E-state index in [1.54, 1.807) is 16.7 Å². The fourth-order valence-corrected chi connectivity index (χ4v) is 3.50. The number of benzene rings is 1. The monoisotopic (exact) mass is 428 g/mol. The number of likely N-dealkylation sites (tertiary alicyclic amines) is 1. The first-order valence-electron chi connectivity index (χ1n) is 10.7. The van der Waals surface area contributed by atoms with Crippen molar-refractivity contribution in [2.24, 2.45) is 5.92 Å². The molecule has 1 aliphatic rings. The molecular formula is C23H32N4O4. The van der Waals surface area contributed by atoms with Gasteiger partial charge in [-0.2, -0.15) is 5.10 Å². The normalized spacial score (nSPS) is 14.9. The first-order chi connectivity index (χ1) is 14.7. The van der Waals surface area contributed by atoms with Crippen molar-refractivity contribution in [2.75, 3.05) is 20.2 Å². The zero-order valence-corrected chi connectivity index (χ0v) is 18.8. The maximum Gasteiger partial charge on any atom is 0.410 e. The lowest BCUT2D eigenvalue weighted by Gasteiger charge is -2.33. The SMILES string of the molecule is COc1ccc(-n2ccc(CNC(=O)CC3CCN(C(=O)OC(C)(C)C)CC3)n2)cc1. The van der Waals surface area contributed by atoms with Crippen molar-refractivity contribution >= 4 is 12.0 Å². The Hall–Kier alpha value is -3.03. The van der Waals surface area contributed by atoms with Crippen molar-refractivity contribution in [3.8, 4) is 11.4 Å². The Kier molecular flexibility index (Phi) is 7.20. The Morgan fingerprint density at radius 3 is 2.42 bits per heavy atom. The van der Waals surface area contributed by atoms with E-state index in [2.05, 4.69) is 10.4 Å². The van der Waals surface area contributed by atoms with Crippen LogP contribution in [-0.4, -0.2) is 52.5 Å². The topological polar surface area (TPSA) is 85.7 Å². The second-order valence-electron chi connectivity index (χ2n) is 8.84. The minimum atomic E-state index is -0.492. The average molecular weight is 429 g/mol. The van der Waals surface area contributed by atoms with Crippen LogP contribution in [0.4, 0.5) is 4.79 Å². The minimum absolute atomic E-state index is 0.00900. The average Bonchev–Trinajstić information content (AvgIpc) is 3.21. The summed E-state index contributed by atoms with van der Waals surface area (Å²) in [5.41, 5.74) is 1.23. The molecular weight excluding hydrogens is 396 g/mol. The number of methoxy groups -OCH3 is 1. The Balaban J connectivity index is 1.41. The van der Waals surface area contributed by atoms with Crippen molar-refractivity contribution in [1.82, 2.24) is 20.0 Å². The molecule has 0 unspecified atom stereocenters. The molecule has 0 aliphatic carbocycles. The Morgan fingerprint density at radius 1 is 1.13 bits per heavy atom. The van der Waals surface area contributed by atoms with Crippen molar-refractivity contribution < 1.29 is 19.1 Å². The number of ether oxygens (including phenoxy) is 2.